The third-order valence-corrected chi connectivity index (χ3v) is 1.89. The zero-order valence-corrected chi connectivity index (χ0v) is 7.16. The van der Waals surface area contributed by atoms with Crippen molar-refractivity contribution in [2.24, 2.45) is 0 Å². The normalized spacial score (nSPS) is 10.5. The standard InChI is InChI=1S/C10H11NO2/c12-5-4-11-9-1-2-10-8(7-9)3-6-13-10/h1-3,6-7,11-12H,4-5H2. The summed E-state index contributed by atoms with van der Waals surface area (Å²) in [5.74, 6) is 0. The van der Waals surface area contributed by atoms with Gasteiger partial charge in [-0.3, -0.25) is 0 Å². The van der Waals surface area contributed by atoms with E-state index in [-0.39, 0.29) is 6.61 Å². The van der Waals surface area contributed by atoms with Crippen LogP contribution < -0.4 is 5.32 Å². The second kappa shape index (κ2) is 3.49. The van der Waals surface area contributed by atoms with E-state index in [9.17, 15) is 0 Å². The van der Waals surface area contributed by atoms with E-state index in [0.29, 0.717) is 6.54 Å². The average Bonchev–Trinajstić information content (AvgIpc) is 2.61. The van der Waals surface area contributed by atoms with Gasteiger partial charge in [-0.25, -0.2) is 0 Å². The lowest BCUT2D eigenvalue weighted by Gasteiger charge is -2.02. The van der Waals surface area contributed by atoms with Crippen LogP contribution in [0.3, 0.4) is 0 Å². The zero-order chi connectivity index (χ0) is 9.10. The van der Waals surface area contributed by atoms with E-state index in [2.05, 4.69) is 5.32 Å². The van der Waals surface area contributed by atoms with Crippen molar-refractivity contribution in [3.63, 3.8) is 0 Å². The molecule has 3 nitrogen and oxygen atoms in total. The molecule has 2 N–H and O–H groups in total. The van der Waals surface area contributed by atoms with E-state index in [1.165, 1.54) is 0 Å². The summed E-state index contributed by atoms with van der Waals surface area (Å²) in [5.41, 5.74) is 1.89. The number of aliphatic hydroxyl groups excluding tert-OH is 1. The Labute approximate surface area is 76.0 Å². The van der Waals surface area contributed by atoms with Crippen molar-refractivity contribution in [1.29, 1.82) is 0 Å². The van der Waals surface area contributed by atoms with Gasteiger partial charge in [0.2, 0.25) is 0 Å². The van der Waals surface area contributed by atoms with E-state index >= 15 is 0 Å². The largest absolute Gasteiger partial charge is 0.464 e. The van der Waals surface area contributed by atoms with Gasteiger partial charge in [-0.05, 0) is 24.3 Å². The fourth-order valence-electron chi connectivity index (χ4n) is 1.28. The topological polar surface area (TPSA) is 45.4 Å². The zero-order valence-electron chi connectivity index (χ0n) is 7.16. The van der Waals surface area contributed by atoms with Crippen molar-refractivity contribution in [2.45, 2.75) is 0 Å². The lowest BCUT2D eigenvalue weighted by molar-refractivity contribution is 0.311. The van der Waals surface area contributed by atoms with Crippen molar-refractivity contribution in [1.82, 2.24) is 0 Å². The Bertz CT molecular complexity index is 394. The van der Waals surface area contributed by atoms with Gasteiger partial charge in [0.05, 0.1) is 12.9 Å². The molecule has 1 aromatic heterocycles. The molecule has 2 aromatic rings. The molecule has 0 aliphatic heterocycles. The Morgan fingerprint density at radius 1 is 1.31 bits per heavy atom. The molecule has 0 saturated heterocycles. The second-order valence-electron chi connectivity index (χ2n) is 2.82. The predicted molar refractivity (Wildman–Crippen MR) is 51.8 cm³/mol. The Hall–Kier alpha value is -1.48. The summed E-state index contributed by atoms with van der Waals surface area (Å²) in [6, 6.07) is 7.75. The molecule has 0 radical (unpaired) electrons. The van der Waals surface area contributed by atoms with Gasteiger partial charge in [0.25, 0.3) is 0 Å². The average molecular weight is 177 g/mol. The predicted octanol–water partition coefficient (Wildman–Crippen LogP) is 1.84. The molecule has 1 heterocycles. The van der Waals surface area contributed by atoms with Crippen molar-refractivity contribution < 1.29 is 9.52 Å². The van der Waals surface area contributed by atoms with Gasteiger partial charge in [0.1, 0.15) is 5.58 Å². The maximum absolute atomic E-state index is 8.62. The molecule has 1 aromatic carbocycles. The molecule has 68 valence electrons. The van der Waals surface area contributed by atoms with Crippen molar-refractivity contribution in [3.05, 3.63) is 30.5 Å². The SMILES string of the molecule is OCCNc1ccc2occc2c1. The summed E-state index contributed by atoms with van der Waals surface area (Å²) in [7, 11) is 0. The van der Waals surface area contributed by atoms with E-state index in [1.54, 1.807) is 6.26 Å². The molecule has 0 unspecified atom stereocenters. The lowest BCUT2D eigenvalue weighted by Crippen LogP contribution is -2.04. The molecule has 2 rings (SSSR count). The van der Waals surface area contributed by atoms with E-state index < -0.39 is 0 Å². The van der Waals surface area contributed by atoms with Crippen LogP contribution >= 0.6 is 0 Å². The van der Waals surface area contributed by atoms with Crippen LogP contribution in [-0.4, -0.2) is 18.3 Å². The van der Waals surface area contributed by atoms with Crippen LogP contribution in [0.25, 0.3) is 11.0 Å². The Kier molecular flexibility index (Phi) is 2.19. The monoisotopic (exact) mass is 177 g/mol. The molecule has 0 aliphatic rings. The van der Waals surface area contributed by atoms with Crippen LogP contribution in [0.4, 0.5) is 5.69 Å². The van der Waals surface area contributed by atoms with Crippen LogP contribution in [-0.2, 0) is 0 Å². The molecule has 0 bridgehead atoms. The molecule has 0 saturated carbocycles. The summed E-state index contributed by atoms with van der Waals surface area (Å²) in [4.78, 5) is 0. The number of benzene rings is 1. The molecule has 0 amide bonds. The van der Waals surface area contributed by atoms with Gasteiger partial charge in [-0.2, -0.15) is 0 Å². The summed E-state index contributed by atoms with van der Waals surface area (Å²) in [6.07, 6.45) is 1.67. The Morgan fingerprint density at radius 3 is 3.08 bits per heavy atom. The first-order valence-electron chi connectivity index (χ1n) is 4.22. The first-order valence-corrected chi connectivity index (χ1v) is 4.22. The minimum absolute atomic E-state index is 0.142. The maximum Gasteiger partial charge on any atom is 0.133 e. The first-order chi connectivity index (χ1) is 6.40. The highest BCUT2D eigenvalue weighted by atomic mass is 16.3. The first kappa shape index (κ1) is 8.13. The summed E-state index contributed by atoms with van der Waals surface area (Å²) in [6.45, 7) is 0.715. The Morgan fingerprint density at radius 2 is 2.23 bits per heavy atom. The number of rotatable bonds is 3. The molecule has 0 aliphatic carbocycles. The minimum Gasteiger partial charge on any atom is -0.464 e. The number of anilines is 1. The number of hydrogen-bond acceptors (Lipinski definition) is 3. The number of furan rings is 1. The van der Waals surface area contributed by atoms with E-state index in [0.717, 1.165) is 16.7 Å². The molecule has 0 atom stereocenters. The van der Waals surface area contributed by atoms with Crippen LogP contribution in [0.5, 0.6) is 0 Å². The van der Waals surface area contributed by atoms with Crippen molar-refractivity contribution >= 4 is 16.7 Å². The number of aliphatic hydroxyl groups is 1. The van der Waals surface area contributed by atoms with Crippen LogP contribution in [0.1, 0.15) is 0 Å². The highest BCUT2D eigenvalue weighted by Crippen LogP contribution is 2.19. The number of hydrogen-bond donors (Lipinski definition) is 2. The number of fused-ring (bicyclic) bond motifs is 1. The fourth-order valence-corrected chi connectivity index (χ4v) is 1.28. The van der Waals surface area contributed by atoms with Crippen LogP contribution in [0.2, 0.25) is 0 Å². The van der Waals surface area contributed by atoms with E-state index in [4.69, 9.17) is 9.52 Å². The second-order valence-corrected chi connectivity index (χ2v) is 2.82. The highest BCUT2D eigenvalue weighted by molar-refractivity contribution is 5.81. The summed E-state index contributed by atoms with van der Waals surface area (Å²) in [5, 5.41) is 12.8. The number of nitrogens with one attached hydrogen (secondary N) is 1. The van der Waals surface area contributed by atoms with Crippen molar-refractivity contribution in [2.75, 3.05) is 18.5 Å². The Balaban J connectivity index is 2.26. The maximum atomic E-state index is 8.62. The fraction of sp³-hybridized carbons (Fsp3) is 0.200. The lowest BCUT2D eigenvalue weighted by atomic mass is 10.2. The molecule has 0 spiro atoms. The summed E-state index contributed by atoms with van der Waals surface area (Å²) >= 11 is 0. The quantitative estimate of drug-likeness (QED) is 0.751. The van der Waals surface area contributed by atoms with Gasteiger partial charge < -0.3 is 14.8 Å². The van der Waals surface area contributed by atoms with Gasteiger partial charge in [-0.15, -0.1) is 0 Å². The van der Waals surface area contributed by atoms with Gasteiger partial charge >= 0.3 is 0 Å². The molecule has 13 heavy (non-hydrogen) atoms. The van der Waals surface area contributed by atoms with Crippen LogP contribution in [0.15, 0.2) is 34.9 Å². The summed E-state index contributed by atoms with van der Waals surface area (Å²) < 4.78 is 5.20. The minimum atomic E-state index is 0.142. The van der Waals surface area contributed by atoms with Crippen LogP contribution in [0, 0.1) is 0 Å². The van der Waals surface area contributed by atoms with Gasteiger partial charge in [0, 0.05) is 17.6 Å². The highest BCUT2D eigenvalue weighted by Gasteiger charge is 1.97. The molecular formula is C10H11NO2. The van der Waals surface area contributed by atoms with E-state index in [1.807, 2.05) is 24.3 Å². The third-order valence-electron chi connectivity index (χ3n) is 1.89. The molecule has 0 fully saturated rings. The van der Waals surface area contributed by atoms with Gasteiger partial charge in [0.15, 0.2) is 0 Å². The smallest absolute Gasteiger partial charge is 0.133 e. The van der Waals surface area contributed by atoms with Gasteiger partial charge in [-0.1, -0.05) is 0 Å². The third kappa shape index (κ3) is 1.65. The molecule has 3 heteroatoms. The van der Waals surface area contributed by atoms with Crippen molar-refractivity contribution in [3.8, 4) is 0 Å². The molecular weight excluding hydrogens is 166 g/mol.